The summed E-state index contributed by atoms with van der Waals surface area (Å²) in [6.45, 7) is 4.57. The molecule has 3 N–H and O–H groups in total. The van der Waals surface area contributed by atoms with Crippen molar-refractivity contribution in [3.8, 4) is 5.75 Å². The zero-order valence-corrected chi connectivity index (χ0v) is 40.8. The fourth-order valence-electron chi connectivity index (χ4n) is 8.15. The third-order valence-corrected chi connectivity index (χ3v) is 12.2. The smallest absolute Gasteiger partial charge is 0.303 e. The first-order valence-electron chi connectivity index (χ1n) is 26.6. The highest BCUT2D eigenvalue weighted by molar-refractivity contribution is 5.66. The maximum atomic E-state index is 10.4. The summed E-state index contributed by atoms with van der Waals surface area (Å²) in [6, 6.07) is 17.6. The van der Waals surface area contributed by atoms with Crippen LogP contribution in [0.1, 0.15) is 282 Å². The fourth-order valence-corrected chi connectivity index (χ4v) is 8.15. The fraction of sp³-hybridized carbons (Fsp3) is 0.754. The van der Waals surface area contributed by atoms with E-state index in [0.717, 1.165) is 32.1 Å². The van der Waals surface area contributed by atoms with Crippen LogP contribution in [0.4, 0.5) is 0 Å². The van der Waals surface area contributed by atoms with Crippen molar-refractivity contribution in [3.63, 3.8) is 0 Å². The number of carboxylic acids is 2. The van der Waals surface area contributed by atoms with Gasteiger partial charge in [0.2, 0.25) is 0 Å². The van der Waals surface area contributed by atoms with Gasteiger partial charge < -0.3 is 15.3 Å². The average Bonchev–Trinajstić information content (AvgIpc) is 3.26. The molecular formula is C57H100O5. The second kappa shape index (κ2) is 49.2. The summed E-state index contributed by atoms with van der Waals surface area (Å²) in [5.41, 5.74) is 2.51. The molecule has 0 aliphatic carbocycles. The molecule has 5 heteroatoms. The Balaban J connectivity index is 0.000000929. The zero-order chi connectivity index (χ0) is 45.2. The van der Waals surface area contributed by atoms with E-state index in [1.54, 1.807) is 12.1 Å². The third-order valence-electron chi connectivity index (χ3n) is 12.2. The first-order valence-corrected chi connectivity index (χ1v) is 26.6. The van der Waals surface area contributed by atoms with Gasteiger partial charge in [-0.25, -0.2) is 0 Å². The number of aromatic hydroxyl groups is 1. The molecule has 2 aromatic rings. The predicted molar refractivity (Wildman–Crippen MR) is 269 cm³/mol. The topological polar surface area (TPSA) is 94.8 Å². The van der Waals surface area contributed by atoms with E-state index in [-0.39, 0.29) is 0 Å². The van der Waals surface area contributed by atoms with Gasteiger partial charge in [-0.05, 0) is 42.5 Å². The number of benzene rings is 2. The van der Waals surface area contributed by atoms with Crippen molar-refractivity contribution in [2.45, 2.75) is 277 Å². The van der Waals surface area contributed by atoms with Gasteiger partial charge in [0, 0.05) is 12.8 Å². The summed E-state index contributed by atoms with van der Waals surface area (Å²) >= 11 is 0. The SMILES string of the molecule is CCCCCCCCCCCCCCCCCCCCCC(=O)O.CCCCCCCCCCCCCCCCCCCCCC(=O)O.Oc1ccc(Cc2ccccc2)cc1. The Kier molecular flexibility index (Phi) is 47.0. The Morgan fingerprint density at radius 1 is 0.323 bits per heavy atom. The number of phenols is 1. The van der Waals surface area contributed by atoms with Gasteiger partial charge in [0.25, 0.3) is 0 Å². The van der Waals surface area contributed by atoms with Crippen LogP contribution in [0.2, 0.25) is 0 Å². The molecular weight excluding hydrogens is 765 g/mol. The van der Waals surface area contributed by atoms with E-state index in [1.165, 1.54) is 229 Å². The van der Waals surface area contributed by atoms with E-state index in [9.17, 15) is 9.59 Å². The highest BCUT2D eigenvalue weighted by atomic mass is 16.4. The number of carbonyl (C=O) groups is 2. The molecule has 0 saturated heterocycles. The first kappa shape index (κ1) is 59.2. The molecule has 0 heterocycles. The van der Waals surface area contributed by atoms with Gasteiger partial charge in [0.1, 0.15) is 5.75 Å². The van der Waals surface area contributed by atoms with E-state index < -0.39 is 11.9 Å². The monoisotopic (exact) mass is 865 g/mol. The Morgan fingerprint density at radius 3 is 0.790 bits per heavy atom. The van der Waals surface area contributed by atoms with Crippen molar-refractivity contribution in [2.24, 2.45) is 0 Å². The van der Waals surface area contributed by atoms with Gasteiger partial charge >= 0.3 is 11.9 Å². The summed E-state index contributed by atoms with van der Waals surface area (Å²) < 4.78 is 0. The number of hydrogen-bond acceptors (Lipinski definition) is 3. The molecule has 5 nitrogen and oxygen atoms in total. The minimum atomic E-state index is -0.651. The van der Waals surface area contributed by atoms with Gasteiger partial charge in [0.15, 0.2) is 0 Å². The largest absolute Gasteiger partial charge is 0.508 e. The van der Waals surface area contributed by atoms with E-state index in [0.29, 0.717) is 18.6 Å². The number of rotatable bonds is 42. The van der Waals surface area contributed by atoms with Crippen molar-refractivity contribution < 1.29 is 24.9 Å². The molecule has 358 valence electrons. The standard InChI is InChI=1S/2C22H44O2.C13H12O/c2*1-2-3-4-5-6-7-8-9-10-11-12-13-14-15-16-17-18-19-20-21-22(23)24;14-13-8-6-12(7-9-13)10-11-4-2-1-3-5-11/h2*2-21H2,1H3,(H,23,24);1-9,14H,10H2. The van der Waals surface area contributed by atoms with Crippen LogP contribution in [0.3, 0.4) is 0 Å². The maximum Gasteiger partial charge on any atom is 0.303 e. The van der Waals surface area contributed by atoms with Crippen molar-refractivity contribution >= 4 is 11.9 Å². The zero-order valence-electron chi connectivity index (χ0n) is 40.8. The van der Waals surface area contributed by atoms with Crippen LogP contribution >= 0.6 is 0 Å². The average molecular weight is 865 g/mol. The predicted octanol–water partition coefficient (Wildman–Crippen LogP) is 18.8. The van der Waals surface area contributed by atoms with E-state index in [2.05, 4.69) is 26.0 Å². The van der Waals surface area contributed by atoms with Gasteiger partial charge in [-0.15, -0.1) is 0 Å². The molecule has 2 rings (SSSR count). The Hall–Kier alpha value is -2.82. The van der Waals surface area contributed by atoms with Gasteiger partial charge in [-0.1, -0.05) is 287 Å². The molecule has 2 aromatic carbocycles. The molecule has 0 unspecified atom stereocenters. The van der Waals surface area contributed by atoms with Crippen LogP contribution in [0, 0.1) is 0 Å². The summed E-state index contributed by atoms with van der Waals surface area (Å²) in [7, 11) is 0. The molecule has 0 atom stereocenters. The molecule has 0 aliphatic rings. The molecule has 62 heavy (non-hydrogen) atoms. The lowest BCUT2D eigenvalue weighted by Gasteiger charge is -2.03. The second-order valence-electron chi connectivity index (χ2n) is 18.3. The van der Waals surface area contributed by atoms with Gasteiger partial charge in [-0.3, -0.25) is 9.59 Å². The molecule has 0 amide bonds. The maximum absolute atomic E-state index is 10.4. The molecule has 0 bridgehead atoms. The molecule has 0 aromatic heterocycles. The molecule has 0 radical (unpaired) electrons. The van der Waals surface area contributed by atoms with Crippen molar-refractivity contribution in [2.75, 3.05) is 0 Å². The van der Waals surface area contributed by atoms with E-state index in [4.69, 9.17) is 15.3 Å². The molecule has 0 fully saturated rings. The minimum absolute atomic E-state index is 0.321. The van der Waals surface area contributed by atoms with Crippen LogP contribution in [-0.2, 0) is 16.0 Å². The highest BCUT2D eigenvalue weighted by Crippen LogP contribution is 2.17. The van der Waals surface area contributed by atoms with Crippen LogP contribution in [0.25, 0.3) is 0 Å². The second-order valence-corrected chi connectivity index (χ2v) is 18.3. The summed E-state index contributed by atoms with van der Waals surface area (Å²) in [5.74, 6) is -0.981. The lowest BCUT2D eigenvalue weighted by molar-refractivity contribution is -0.138. The van der Waals surface area contributed by atoms with E-state index in [1.807, 2.05) is 30.3 Å². The number of phenolic OH excluding ortho intramolecular Hbond substituents is 1. The number of carboxylic acid groups (broad SMARTS) is 2. The van der Waals surface area contributed by atoms with Crippen LogP contribution in [0.15, 0.2) is 54.6 Å². The third kappa shape index (κ3) is 48.2. The Labute approximate surface area is 384 Å². The quantitative estimate of drug-likeness (QED) is 0.0578. The summed E-state index contributed by atoms with van der Waals surface area (Å²) in [6.07, 6.45) is 53.1. The first-order chi connectivity index (χ1) is 30.4. The molecule has 0 saturated carbocycles. The minimum Gasteiger partial charge on any atom is -0.508 e. The lowest BCUT2D eigenvalue weighted by atomic mass is 10.0. The number of unbranched alkanes of at least 4 members (excludes halogenated alkanes) is 36. The van der Waals surface area contributed by atoms with Crippen molar-refractivity contribution in [1.29, 1.82) is 0 Å². The highest BCUT2D eigenvalue weighted by Gasteiger charge is 2.00. The van der Waals surface area contributed by atoms with Crippen molar-refractivity contribution in [1.82, 2.24) is 0 Å². The van der Waals surface area contributed by atoms with Crippen molar-refractivity contribution in [3.05, 3.63) is 65.7 Å². The lowest BCUT2D eigenvalue weighted by Crippen LogP contribution is -1.93. The Morgan fingerprint density at radius 2 is 0.548 bits per heavy atom. The molecule has 0 aliphatic heterocycles. The summed E-state index contributed by atoms with van der Waals surface area (Å²) in [4.78, 5) is 20.8. The van der Waals surface area contributed by atoms with Crippen LogP contribution in [-0.4, -0.2) is 27.3 Å². The van der Waals surface area contributed by atoms with Crippen LogP contribution < -0.4 is 0 Å². The number of aliphatic carboxylic acids is 2. The molecule has 0 spiro atoms. The van der Waals surface area contributed by atoms with Crippen LogP contribution in [0.5, 0.6) is 5.75 Å². The Bertz CT molecular complexity index is 1130. The number of hydrogen-bond donors (Lipinski definition) is 3. The van der Waals surface area contributed by atoms with Gasteiger partial charge in [-0.2, -0.15) is 0 Å². The van der Waals surface area contributed by atoms with E-state index >= 15 is 0 Å². The summed E-state index contributed by atoms with van der Waals surface area (Å²) in [5, 5.41) is 26.2. The van der Waals surface area contributed by atoms with Gasteiger partial charge in [0.05, 0.1) is 0 Å². The normalized spacial score (nSPS) is 10.8.